The third-order valence-corrected chi connectivity index (χ3v) is 7.55. The maximum atomic E-state index is 11.9. The maximum Gasteiger partial charge on any atom is 0.0752 e. The van der Waals surface area contributed by atoms with Crippen molar-refractivity contribution in [2.24, 2.45) is 5.92 Å². The summed E-state index contributed by atoms with van der Waals surface area (Å²) in [5, 5.41) is 11.9. The van der Waals surface area contributed by atoms with Crippen LogP contribution in [0.4, 0.5) is 0 Å². The molecule has 1 aliphatic carbocycles. The molecule has 2 atom stereocenters. The summed E-state index contributed by atoms with van der Waals surface area (Å²) in [5.74, 6) is 0.240. The molecule has 0 amide bonds. The summed E-state index contributed by atoms with van der Waals surface area (Å²) in [6.45, 7) is 2.86. The highest BCUT2D eigenvalue weighted by molar-refractivity contribution is 5.85. The first kappa shape index (κ1) is 27.1. The van der Waals surface area contributed by atoms with E-state index in [2.05, 4.69) is 84.6 Å². The zero-order chi connectivity index (χ0) is 21.0. The number of nitrogens with zero attached hydrogens (tertiary/aromatic N) is 2. The van der Waals surface area contributed by atoms with Gasteiger partial charge in [-0.05, 0) is 44.5 Å². The summed E-state index contributed by atoms with van der Waals surface area (Å²) in [4.78, 5) is 5.00. The predicted molar refractivity (Wildman–Crippen MR) is 139 cm³/mol. The molecule has 1 saturated heterocycles. The molecule has 1 aliphatic heterocycles. The number of piperidine rings is 1. The molecule has 32 heavy (non-hydrogen) atoms. The average molecular weight is 480 g/mol. The van der Waals surface area contributed by atoms with E-state index in [4.69, 9.17) is 0 Å². The van der Waals surface area contributed by atoms with Gasteiger partial charge in [0.25, 0.3) is 0 Å². The first-order chi connectivity index (χ1) is 14.5. The van der Waals surface area contributed by atoms with Crippen LogP contribution in [0.2, 0.25) is 0 Å². The molecule has 2 aromatic carbocycles. The lowest BCUT2D eigenvalue weighted by molar-refractivity contribution is -0.109. The van der Waals surface area contributed by atoms with Crippen LogP contribution in [0, 0.1) is 5.92 Å². The molecule has 178 valence electrons. The highest BCUT2D eigenvalue weighted by atomic mass is 35.5. The lowest BCUT2D eigenvalue weighted by Gasteiger charge is -2.54. The van der Waals surface area contributed by atoms with Crippen LogP contribution in [0.1, 0.15) is 49.7 Å². The minimum atomic E-state index is -0.644. The molecule has 0 radical (unpaired) electrons. The van der Waals surface area contributed by atoms with Crippen LogP contribution in [0.15, 0.2) is 60.7 Å². The van der Waals surface area contributed by atoms with Gasteiger partial charge in [0.1, 0.15) is 0 Å². The van der Waals surface area contributed by atoms with E-state index in [9.17, 15) is 5.11 Å². The number of halogens is 2. The Balaban J connectivity index is 0.00000181. The molecular weight excluding hydrogens is 439 g/mol. The fourth-order valence-electron chi connectivity index (χ4n) is 5.97. The maximum absolute atomic E-state index is 11.9. The van der Waals surface area contributed by atoms with E-state index in [1.807, 2.05) is 0 Å². The summed E-state index contributed by atoms with van der Waals surface area (Å²) in [5.41, 5.74) is 2.21. The Morgan fingerprint density at radius 3 is 2.06 bits per heavy atom. The van der Waals surface area contributed by atoms with Gasteiger partial charge in [0.15, 0.2) is 0 Å². The van der Waals surface area contributed by atoms with Crippen molar-refractivity contribution in [1.29, 1.82) is 0 Å². The van der Waals surface area contributed by atoms with Gasteiger partial charge in [-0.3, -0.25) is 4.90 Å². The molecule has 2 aromatic rings. The van der Waals surface area contributed by atoms with E-state index in [0.717, 1.165) is 32.5 Å². The minimum Gasteiger partial charge on any atom is -0.389 e. The van der Waals surface area contributed by atoms with E-state index < -0.39 is 5.60 Å². The highest BCUT2D eigenvalue weighted by Gasteiger charge is 2.48. The molecule has 0 spiro atoms. The first-order valence-electron chi connectivity index (χ1n) is 11.7. The third kappa shape index (κ3) is 5.87. The first-order valence-corrected chi connectivity index (χ1v) is 11.7. The van der Waals surface area contributed by atoms with Gasteiger partial charge in [-0.1, -0.05) is 79.9 Å². The third-order valence-electron chi connectivity index (χ3n) is 7.55. The molecule has 2 aliphatic rings. The Kier molecular flexibility index (Phi) is 10.1. The van der Waals surface area contributed by atoms with Crippen LogP contribution < -0.4 is 0 Å². The highest BCUT2D eigenvalue weighted by Crippen LogP contribution is 2.46. The molecule has 1 saturated carbocycles. The van der Waals surface area contributed by atoms with Gasteiger partial charge < -0.3 is 10.0 Å². The average Bonchev–Trinajstić information content (AvgIpc) is 2.77. The van der Waals surface area contributed by atoms with Crippen LogP contribution in [0.5, 0.6) is 0 Å². The Morgan fingerprint density at radius 2 is 1.47 bits per heavy atom. The summed E-state index contributed by atoms with van der Waals surface area (Å²) >= 11 is 0. The quantitative estimate of drug-likeness (QED) is 0.589. The minimum absolute atomic E-state index is 0. The van der Waals surface area contributed by atoms with Crippen LogP contribution in [0.3, 0.4) is 0 Å². The Morgan fingerprint density at radius 1 is 0.875 bits per heavy atom. The fourth-order valence-corrected chi connectivity index (χ4v) is 5.97. The van der Waals surface area contributed by atoms with Gasteiger partial charge >= 0.3 is 0 Å². The molecule has 0 aromatic heterocycles. The largest absolute Gasteiger partial charge is 0.389 e. The van der Waals surface area contributed by atoms with E-state index in [-0.39, 0.29) is 36.3 Å². The van der Waals surface area contributed by atoms with Gasteiger partial charge in [-0.15, -0.1) is 24.8 Å². The van der Waals surface area contributed by atoms with Crippen LogP contribution in [-0.4, -0.2) is 54.2 Å². The number of aliphatic hydroxyl groups is 1. The zero-order valence-electron chi connectivity index (χ0n) is 19.6. The zero-order valence-corrected chi connectivity index (χ0v) is 21.2. The predicted octanol–water partition coefficient (Wildman–Crippen LogP) is 5.55. The SMILES string of the molecule is CN(C)CC1CN(C2(c3ccccc3)CCCCC2)CCC1(O)Cc1ccccc1.Cl.Cl. The molecule has 3 nitrogen and oxygen atoms in total. The van der Waals surface area contributed by atoms with Gasteiger partial charge in [0.2, 0.25) is 0 Å². The van der Waals surface area contributed by atoms with Crippen molar-refractivity contribution in [3.05, 3.63) is 71.8 Å². The lowest BCUT2D eigenvalue weighted by Crippen LogP contribution is -2.61. The summed E-state index contributed by atoms with van der Waals surface area (Å²) in [6.07, 6.45) is 8.02. The van der Waals surface area contributed by atoms with Crippen molar-refractivity contribution in [2.45, 2.75) is 56.1 Å². The van der Waals surface area contributed by atoms with Gasteiger partial charge in [-0.25, -0.2) is 0 Å². The topological polar surface area (TPSA) is 26.7 Å². The summed E-state index contributed by atoms with van der Waals surface area (Å²) in [7, 11) is 4.27. The fraction of sp³-hybridized carbons (Fsp3) is 0.556. The van der Waals surface area contributed by atoms with Crippen molar-refractivity contribution in [3.63, 3.8) is 0 Å². The van der Waals surface area contributed by atoms with Gasteiger partial charge in [-0.2, -0.15) is 0 Å². The number of benzene rings is 2. The van der Waals surface area contributed by atoms with Crippen molar-refractivity contribution in [2.75, 3.05) is 33.7 Å². The lowest BCUT2D eigenvalue weighted by atomic mass is 9.70. The molecule has 5 heteroatoms. The second-order valence-electron chi connectivity index (χ2n) is 9.88. The van der Waals surface area contributed by atoms with Gasteiger partial charge in [0.05, 0.1) is 5.60 Å². The van der Waals surface area contributed by atoms with Crippen molar-refractivity contribution in [1.82, 2.24) is 9.80 Å². The van der Waals surface area contributed by atoms with E-state index in [1.165, 1.54) is 43.2 Å². The van der Waals surface area contributed by atoms with Crippen LogP contribution >= 0.6 is 24.8 Å². The van der Waals surface area contributed by atoms with E-state index in [1.54, 1.807) is 0 Å². The molecule has 1 heterocycles. The molecule has 4 rings (SSSR count). The summed E-state index contributed by atoms with van der Waals surface area (Å²) in [6, 6.07) is 21.7. The van der Waals surface area contributed by atoms with Gasteiger partial charge in [0, 0.05) is 37.5 Å². The molecule has 2 fully saturated rings. The van der Waals surface area contributed by atoms with E-state index >= 15 is 0 Å². The number of hydrogen-bond acceptors (Lipinski definition) is 3. The number of likely N-dealkylation sites (tertiary alicyclic amines) is 1. The Bertz CT molecular complexity index is 796. The summed E-state index contributed by atoms with van der Waals surface area (Å²) < 4.78 is 0. The Hall–Kier alpha value is -1.10. The standard InChI is InChI=1S/C27H38N2O.2ClH/c1-28(2)21-25-22-29(19-18-27(25,30)20-23-12-6-3-7-13-23)26(16-10-5-11-17-26)24-14-8-4-9-15-24;;/h3-4,6-9,12-15,25,30H,5,10-11,16-22H2,1-2H3;2*1H. The smallest absolute Gasteiger partial charge is 0.0752 e. The normalized spacial score (nSPS) is 25.6. The van der Waals surface area contributed by atoms with Crippen LogP contribution in [0.25, 0.3) is 0 Å². The van der Waals surface area contributed by atoms with E-state index in [0.29, 0.717) is 0 Å². The molecule has 0 bridgehead atoms. The van der Waals surface area contributed by atoms with Crippen molar-refractivity contribution in [3.8, 4) is 0 Å². The van der Waals surface area contributed by atoms with Crippen molar-refractivity contribution < 1.29 is 5.11 Å². The second kappa shape index (κ2) is 11.9. The van der Waals surface area contributed by atoms with Crippen molar-refractivity contribution >= 4 is 24.8 Å². The molecule has 2 unspecified atom stereocenters. The second-order valence-corrected chi connectivity index (χ2v) is 9.88. The van der Waals surface area contributed by atoms with Crippen LogP contribution in [-0.2, 0) is 12.0 Å². The Labute approximate surface area is 207 Å². The monoisotopic (exact) mass is 478 g/mol. The number of hydrogen-bond donors (Lipinski definition) is 1. The molecular formula is C27H40Cl2N2O. The molecule has 1 N–H and O–H groups in total. The number of rotatable bonds is 6.